The number of rotatable bonds is 4. The van der Waals surface area contributed by atoms with Gasteiger partial charge in [-0.15, -0.1) is 0 Å². The van der Waals surface area contributed by atoms with E-state index in [0.717, 1.165) is 5.56 Å². The van der Waals surface area contributed by atoms with Crippen LogP contribution in [0.3, 0.4) is 0 Å². The number of benzene rings is 1. The molecule has 202 valence electrons. The Kier molecular flexibility index (Phi) is 6.98. The lowest BCUT2D eigenvalue weighted by Gasteiger charge is -2.40. The number of anilines is 2. The van der Waals surface area contributed by atoms with Gasteiger partial charge in [-0.25, -0.2) is 23.7 Å². The van der Waals surface area contributed by atoms with Gasteiger partial charge in [-0.3, -0.25) is 4.79 Å². The van der Waals surface area contributed by atoms with E-state index in [9.17, 15) is 14.0 Å². The van der Waals surface area contributed by atoms with Crippen LogP contribution in [0.4, 0.5) is 16.0 Å². The Balaban J connectivity index is 1.84. The molecule has 1 fully saturated rings. The number of hydrogen-bond donors (Lipinski definition) is 0. The summed E-state index contributed by atoms with van der Waals surface area (Å²) in [7, 11) is 3.68. The molecule has 1 saturated heterocycles. The summed E-state index contributed by atoms with van der Waals surface area (Å²) in [5, 5.41) is 0.766. The van der Waals surface area contributed by atoms with Gasteiger partial charge in [0.15, 0.2) is 11.5 Å². The normalized spacial score (nSPS) is 15.6. The zero-order valence-electron chi connectivity index (χ0n) is 22.4. The highest BCUT2D eigenvalue weighted by atomic mass is 35.5. The number of hydrogen-bond acceptors (Lipinski definition) is 7. The van der Waals surface area contributed by atoms with Crippen molar-refractivity contribution in [3.8, 4) is 16.9 Å². The molecule has 0 bridgehead atoms. The summed E-state index contributed by atoms with van der Waals surface area (Å²) in [6, 6.07) is 9.63. The smallest absolute Gasteiger partial charge is 0.355 e. The second-order valence-electron chi connectivity index (χ2n) is 9.93. The van der Waals surface area contributed by atoms with Gasteiger partial charge in [0, 0.05) is 58.5 Å². The first-order valence-corrected chi connectivity index (χ1v) is 13.0. The Labute approximate surface area is 230 Å². The first-order chi connectivity index (χ1) is 18.6. The molecule has 1 aliphatic rings. The monoisotopic (exact) mass is 549 g/mol. The maximum absolute atomic E-state index is 14.9. The lowest BCUT2D eigenvalue weighted by Crippen LogP contribution is -2.54. The van der Waals surface area contributed by atoms with Crippen molar-refractivity contribution < 1.29 is 9.18 Å². The van der Waals surface area contributed by atoms with Crippen LogP contribution < -0.4 is 15.5 Å². The molecule has 3 aromatic heterocycles. The minimum atomic E-state index is -0.549. The third kappa shape index (κ3) is 4.69. The molecular formula is C28H29ClFN7O2. The molecule has 39 heavy (non-hydrogen) atoms. The van der Waals surface area contributed by atoms with Gasteiger partial charge in [-0.05, 0) is 43.7 Å². The summed E-state index contributed by atoms with van der Waals surface area (Å²) in [5.41, 5.74) is 1.50. The van der Waals surface area contributed by atoms with Crippen molar-refractivity contribution in [2.24, 2.45) is 0 Å². The van der Waals surface area contributed by atoms with E-state index in [1.54, 1.807) is 42.3 Å². The molecule has 0 spiro atoms. The van der Waals surface area contributed by atoms with Crippen molar-refractivity contribution in [3.63, 3.8) is 0 Å². The average Bonchev–Trinajstić information content (AvgIpc) is 2.89. The molecule has 0 unspecified atom stereocenters. The topological polar surface area (TPSA) is 87.5 Å². The van der Waals surface area contributed by atoms with Gasteiger partial charge in [0.1, 0.15) is 11.6 Å². The van der Waals surface area contributed by atoms with Gasteiger partial charge >= 0.3 is 5.69 Å². The minimum Gasteiger partial charge on any atom is -0.361 e. The van der Waals surface area contributed by atoms with E-state index in [4.69, 9.17) is 16.6 Å². The van der Waals surface area contributed by atoms with E-state index in [1.807, 2.05) is 43.8 Å². The zero-order valence-corrected chi connectivity index (χ0v) is 23.2. The predicted octanol–water partition coefficient (Wildman–Crippen LogP) is 4.07. The molecule has 0 radical (unpaired) electrons. The summed E-state index contributed by atoms with van der Waals surface area (Å²) in [5.74, 6) is 0.497. The quantitative estimate of drug-likeness (QED) is 0.379. The number of carbonyl (C=O) groups excluding carboxylic acids is 1. The van der Waals surface area contributed by atoms with E-state index in [0.29, 0.717) is 42.3 Å². The Bertz CT molecular complexity index is 1660. The van der Waals surface area contributed by atoms with E-state index >= 15 is 0 Å². The molecule has 1 aliphatic heterocycles. The molecule has 4 heterocycles. The number of amides is 1. The molecule has 5 rings (SSSR count). The third-order valence-electron chi connectivity index (χ3n) is 7.03. The highest BCUT2D eigenvalue weighted by Gasteiger charge is 2.30. The molecule has 0 aliphatic carbocycles. The fourth-order valence-corrected chi connectivity index (χ4v) is 5.32. The SMILES string of the molecule is CC(=O)N1CCN(c2nc(=O)n(-c3c(C)ccnc3N(C)C)c3nc(-c4ccccc4F)c(Cl)cc23)[C@@H](C)C1. The van der Waals surface area contributed by atoms with Gasteiger partial charge < -0.3 is 14.7 Å². The second kappa shape index (κ2) is 10.3. The van der Waals surface area contributed by atoms with Crippen molar-refractivity contribution in [2.75, 3.05) is 43.5 Å². The summed E-state index contributed by atoms with van der Waals surface area (Å²) in [6.07, 6.45) is 1.68. The zero-order chi connectivity index (χ0) is 28.0. The largest absolute Gasteiger partial charge is 0.361 e. The number of pyridine rings is 2. The summed E-state index contributed by atoms with van der Waals surface area (Å²) in [6.45, 7) is 6.87. The number of fused-ring (bicyclic) bond motifs is 1. The lowest BCUT2D eigenvalue weighted by molar-refractivity contribution is -0.129. The molecule has 1 atom stereocenters. The average molecular weight is 550 g/mol. The third-order valence-corrected chi connectivity index (χ3v) is 7.32. The number of halogens is 2. The van der Waals surface area contributed by atoms with Gasteiger partial charge in [0.2, 0.25) is 5.91 Å². The molecule has 9 nitrogen and oxygen atoms in total. The van der Waals surface area contributed by atoms with Crippen molar-refractivity contribution in [1.82, 2.24) is 24.4 Å². The van der Waals surface area contributed by atoms with Crippen molar-refractivity contribution >= 4 is 40.2 Å². The molecule has 11 heteroatoms. The van der Waals surface area contributed by atoms with Crippen molar-refractivity contribution in [2.45, 2.75) is 26.8 Å². The molecule has 1 aromatic carbocycles. The summed E-state index contributed by atoms with van der Waals surface area (Å²) >= 11 is 6.74. The van der Waals surface area contributed by atoms with E-state index in [1.165, 1.54) is 10.6 Å². The molecular weight excluding hydrogens is 521 g/mol. The summed E-state index contributed by atoms with van der Waals surface area (Å²) in [4.78, 5) is 45.3. The van der Waals surface area contributed by atoms with E-state index < -0.39 is 11.5 Å². The van der Waals surface area contributed by atoms with Crippen LogP contribution in [0, 0.1) is 12.7 Å². The highest BCUT2D eigenvalue weighted by molar-refractivity contribution is 6.33. The standard InChI is InChI=1S/C28H29ClFN7O2/c1-16-10-11-31-27(34(4)5)24(16)37-26-20(14-21(29)23(32-26)19-8-6-7-9-22(19)30)25(33-28(37)39)36-13-12-35(18(3)38)15-17(36)2/h6-11,14,17H,12-13,15H2,1-5H3/t17-/m0/s1. The van der Waals surface area contributed by atoms with Crippen LogP contribution in [-0.4, -0.2) is 70.1 Å². The van der Waals surface area contributed by atoms with Gasteiger partial charge in [-0.1, -0.05) is 23.7 Å². The number of aryl methyl sites for hydroxylation is 1. The maximum atomic E-state index is 14.9. The van der Waals surface area contributed by atoms with Gasteiger partial charge in [0.05, 0.1) is 21.8 Å². The van der Waals surface area contributed by atoms with Crippen LogP contribution in [-0.2, 0) is 4.79 Å². The first-order valence-electron chi connectivity index (χ1n) is 12.6. The van der Waals surface area contributed by atoms with Crippen LogP contribution >= 0.6 is 11.6 Å². The Morgan fingerprint density at radius 2 is 1.90 bits per heavy atom. The van der Waals surface area contributed by atoms with Gasteiger partial charge in [0.25, 0.3) is 0 Å². The van der Waals surface area contributed by atoms with Crippen LogP contribution in [0.25, 0.3) is 28.0 Å². The highest BCUT2D eigenvalue weighted by Crippen LogP contribution is 2.36. The van der Waals surface area contributed by atoms with Crippen molar-refractivity contribution in [1.29, 1.82) is 0 Å². The Morgan fingerprint density at radius 1 is 1.15 bits per heavy atom. The Morgan fingerprint density at radius 3 is 2.56 bits per heavy atom. The minimum absolute atomic E-state index is 0.00255. The summed E-state index contributed by atoms with van der Waals surface area (Å²) < 4.78 is 16.3. The number of nitrogens with zero attached hydrogens (tertiary/aromatic N) is 7. The van der Waals surface area contributed by atoms with Crippen LogP contribution in [0.15, 0.2) is 47.4 Å². The number of piperazine rings is 1. The molecule has 4 aromatic rings. The molecule has 0 saturated carbocycles. The van der Waals surface area contributed by atoms with Crippen LogP contribution in [0.2, 0.25) is 5.02 Å². The Hall–Kier alpha value is -4.05. The fourth-order valence-electron chi connectivity index (χ4n) is 5.07. The number of carbonyl (C=O) groups is 1. The molecule has 1 amide bonds. The van der Waals surface area contributed by atoms with E-state index in [2.05, 4.69) is 9.97 Å². The van der Waals surface area contributed by atoms with Crippen LogP contribution in [0.1, 0.15) is 19.4 Å². The molecule has 0 N–H and O–H groups in total. The first kappa shape index (κ1) is 26.6. The van der Waals surface area contributed by atoms with Crippen LogP contribution in [0.5, 0.6) is 0 Å². The number of aromatic nitrogens is 4. The van der Waals surface area contributed by atoms with Gasteiger partial charge in [-0.2, -0.15) is 4.98 Å². The maximum Gasteiger partial charge on any atom is 0.355 e. The lowest BCUT2D eigenvalue weighted by atomic mass is 10.1. The predicted molar refractivity (Wildman–Crippen MR) is 151 cm³/mol. The fraction of sp³-hybridized carbons (Fsp3) is 0.321. The van der Waals surface area contributed by atoms with Crippen molar-refractivity contribution in [3.05, 3.63) is 69.5 Å². The van der Waals surface area contributed by atoms with E-state index in [-0.39, 0.29) is 33.9 Å². The second-order valence-corrected chi connectivity index (χ2v) is 10.3.